The Morgan fingerprint density at radius 2 is 2.10 bits per heavy atom. The molecule has 1 aromatic heterocycles. The van der Waals surface area contributed by atoms with Crippen molar-refractivity contribution in [1.82, 2.24) is 10.3 Å². The molecule has 0 spiro atoms. The Morgan fingerprint density at radius 3 is 2.70 bits per heavy atom. The van der Waals surface area contributed by atoms with E-state index in [4.69, 9.17) is 5.73 Å². The lowest BCUT2D eigenvalue weighted by molar-refractivity contribution is 0.0934. The van der Waals surface area contributed by atoms with Gasteiger partial charge in [0.25, 0.3) is 5.91 Å². The molecule has 0 saturated heterocycles. The topological polar surface area (TPSA) is 68.0 Å². The van der Waals surface area contributed by atoms with Crippen LogP contribution < -0.4 is 11.1 Å². The second-order valence-electron chi connectivity index (χ2n) is 4.47. The highest BCUT2D eigenvalue weighted by Gasteiger charge is 2.14. The van der Waals surface area contributed by atoms with Crippen LogP contribution in [0.25, 0.3) is 0 Å². The smallest absolute Gasteiger partial charge is 0.270 e. The molecule has 2 rings (SSSR count). The van der Waals surface area contributed by atoms with Crippen molar-refractivity contribution in [2.45, 2.75) is 19.5 Å². The Morgan fingerprint density at radius 1 is 1.35 bits per heavy atom. The maximum absolute atomic E-state index is 13.6. The molecule has 20 heavy (non-hydrogen) atoms. The monoisotopic (exact) mass is 273 g/mol. The van der Waals surface area contributed by atoms with Crippen LogP contribution in [-0.4, -0.2) is 10.9 Å². The molecular weight excluding hydrogens is 257 g/mol. The van der Waals surface area contributed by atoms with Crippen LogP contribution in [0.2, 0.25) is 0 Å². The number of hydrogen-bond donors (Lipinski definition) is 2. The number of carbonyl (C=O) groups excluding carboxylic acids is 1. The summed E-state index contributed by atoms with van der Waals surface area (Å²) in [6.07, 6.45) is 1.56. The summed E-state index contributed by atoms with van der Waals surface area (Å²) in [4.78, 5) is 16.0. The summed E-state index contributed by atoms with van der Waals surface area (Å²) >= 11 is 0. The van der Waals surface area contributed by atoms with Gasteiger partial charge in [-0.2, -0.15) is 0 Å². The molecule has 3 N–H and O–H groups in total. The molecule has 0 radical (unpaired) electrons. The zero-order valence-corrected chi connectivity index (χ0v) is 11.1. The number of nitrogens with two attached hydrogens (primary N) is 1. The first kappa shape index (κ1) is 14.1. The molecule has 0 saturated carbocycles. The van der Waals surface area contributed by atoms with Gasteiger partial charge in [-0.3, -0.25) is 9.78 Å². The highest BCUT2D eigenvalue weighted by Crippen LogP contribution is 2.16. The molecular formula is C15H16FN3O. The summed E-state index contributed by atoms with van der Waals surface area (Å²) in [6.45, 7) is 2.10. The number of halogens is 1. The second kappa shape index (κ2) is 6.25. The third-order valence-corrected chi connectivity index (χ3v) is 3.01. The van der Waals surface area contributed by atoms with Crippen LogP contribution in [0.3, 0.4) is 0 Å². The average Bonchev–Trinajstić information content (AvgIpc) is 2.47. The number of amides is 1. The molecule has 2 aromatic rings. The lowest BCUT2D eigenvalue weighted by atomic mass is 10.1. The zero-order valence-electron chi connectivity index (χ0n) is 11.1. The highest BCUT2D eigenvalue weighted by molar-refractivity contribution is 5.92. The second-order valence-corrected chi connectivity index (χ2v) is 4.47. The minimum atomic E-state index is -0.431. The molecule has 4 nitrogen and oxygen atoms in total. The first-order valence-corrected chi connectivity index (χ1v) is 6.32. The van der Waals surface area contributed by atoms with E-state index in [1.807, 2.05) is 0 Å². The van der Waals surface area contributed by atoms with Gasteiger partial charge in [0.2, 0.25) is 0 Å². The van der Waals surface area contributed by atoms with Gasteiger partial charge in [0.15, 0.2) is 0 Å². The molecule has 1 aromatic carbocycles. The minimum absolute atomic E-state index is 0.283. The Labute approximate surface area is 116 Å². The van der Waals surface area contributed by atoms with Crippen LogP contribution in [-0.2, 0) is 6.54 Å². The molecule has 0 aliphatic carbocycles. The Hall–Kier alpha value is -2.27. The Balaban J connectivity index is 2.09. The fourth-order valence-corrected chi connectivity index (χ4v) is 1.85. The van der Waals surface area contributed by atoms with E-state index in [0.29, 0.717) is 12.1 Å². The van der Waals surface area contributed by atoms with E-state index in [9.17, 15) is 9.18 Å². The summed E-state index contributed by atoms with van der Waals surface area (Å²) in [5.74, 6) is -0.684. The summed E-state index contributed by atoms with van der Waals surface area (Å²) in [7, 11) is 0. The summed E-state index contributed by atoms with van der Waals surface area (Å²) in [6, 6.07) is 9.27. The quantitative estimate of drug-likeness (QED) is 0.897. The summed E-state index contributed by atoms with van der Waals surface area (Å²) in [5, 5.41) is 2.72. The normalized spacial score (nSPS) is 11.9. The molecule has 104 valence electrons. The minimum Gasteiger partial charge on any atom is -0.344 e. The standard InChI is InChI=1S/C15H16FN3O/c1-10(12-4-2-3-5-13(12)16)19-15(20)14-7-6-11(8-17)9-18-14/h2-7,9-10H,8,17H2,1H3,(H,19,20). The molecule has 5 heteroatoms. The lowest BCUT2D eigenvalue weighted by Crippen LogP contribution is -2.28. The van der Waals surface area contributed by atoms with Gasteiger partial charge in [0, 0.05) is 18.3 Å². The number of rotatable bonds is 4. The fraction of sp³-hybridized carbons (Fsp3) is 0.200. The van der Waals surface area contributed by atoms with Crippen LogP contribution in [0, 0.1) is 5.82 Å². The molecule has 1 atom stereocenters. The van der Waals surface area contributed by atoms with Crippen molar-refractivity contribution in [1.29, 1.82) is 0 Å². The average molecular weight is 273 g/mol. The van der Waals surface area contributed by atoms with E-state index >= 15 is 0 Å². The van der Waals surface area contributed by atoms with Gasteiger partial charge in [0.1, 0.15) is 11.5 Å². The third-order valence-electron chi connectivity index (χ3n) is 3.01. The molecule has 1 amide bonds. The van der Waals surface area contributed by atoms with Crippen molar-refractivity contribution >= 4 is 5.91 Å². The van der Waals surface area contributed by atoms with Gasteiger partial charge in [0.05, 0.1) is 6.04 Å². The Kier molecular flexibility index (Phi) is 4.42. The number of hydrogen-bond acceptors (Lipinski definition) is 3. The van der Waals surface area contributed by atoms with Crippen LogP contribution in [0.5, 0.6) is 0 Å². The van der Waals surface area contributed by atoms with E-state index in [1.54, 1.807) is 43.5 Å². The van der Waals surface area contributed by atoms with E-state index < -0.39 is 6.04 Å². The maximum atomic E-state index is 13.6. The van der Waals surface area contributed by atoms with Crippen molar-refractivity contribution in [3.63, 3.8) is 0 Å². The van der Waals surface area contributed by atoms with Crippen LogP contribution in [0.1, 0.15) is 34.6 Å². The largest absolute Gasteiger partial charge is 0.344 e. The van der Waals surface area contributed by atoms with Crippen LogP contribution >= 0.6 is 0 Å². The number of nitrogens with zero attached hydrogens (tertiary/aromatic N) is 1. The molecule has 0 fully saturated rings. The van der Waals surface area contributed by atoms with Gasteiger partial charge in [-0.15, -0.1) is 0 Å². The fourth-order valence-electron chi connectivity index (χ4n) is 1.85. The van der Waals surface area contributed by atoms with E-state index in [0.717, 1.165) is 5.56 Å². The number of nitrogens with one attached hydrogen (secondary N) is 1. The number of aromatic nitrogens is 1. The number of carbonyl (C=O) groups is 1. The van der Waals surface area contributed by atoms with Crippen molar-refractivity contribution < 1.29 is 9.18 Å². The van der Waals surface area contributed by atoms with E-state index in [-0.39, 0.29) is 17.4 Å². The molecule has 0 bridgehead atoms. The highest BCUT2D eigenvalue weighted by atomic mass is 19.1. The van der Waals surface area contributed by atoms with Crippen molar-refractivity contribution in [3.05, 3.63) is 65.2 Å². The Bertz CT molecular complexity index is 598. The summed E-state index contributed by atoms with van der Waals surface area (Å²) in [5.41, 5.74) is 7.04. The molecule has 0 aliphatic rings. The SMILES string of the molecule is CC(NC(=O)c1ccc(CN)cn1)c1ccccc1F. The maximum Gasteiger partial charge on any atom is 0.270 e. The molecule has 1 heterocycles. The summed E-state index contributed by atoms with van der Waals surface area (Å²) < 4.78 is 13.6. The number of pyridine rings is 1. The van der Waals surface area contributed by atoms with Gasteiger partial charge < -0.3 is 11.1 Å². The van der Waals surface area contributed by atoms with Crippen LogP contribution in [0.4, 0.5) is 4.39 Å². The van der Waals surface area contributed by atoms with Gasteiger partial charge in [-0.1, -0.05) is 24.3 Å². The third kappa shape index (κ3) is 3.19. The van der Waals surface area contributed by atoms with Gasteiger partial charge in [-0.05, 0) is 24.6 Å². The number of benzene rings is 1. The van der Waals surface area contributed by atoms with Gasteiger partial charge >= 0.3 is 0 Å². The first-order valence-electron chi connectivity index (χ1n) is 6.32. The van der Waals surface area contributed by atoms with Gasteiger partial charge in [-0.25, -0.2) is 4.39 Å². The van der Waals surface area contributed by atoms with Crippen molar-refractivity contribution in [2.75, 3.05) is 0 Å². The van der Waals surface area contributed by atoms with Crippen molar-refractivity contribution in [2.24, 2.45) is 5.73 Å². The van der Waals surface area contributed by atoms with E-state index in [2.05, 4.69) is 10.3 Å². The predicted molar refractivity (Wildman–Crippen MR) is 74.4 cm³/mol. The lowest BCUT2D eigenvalue weighted by Gasteiger charge is -2.14. The van der Waals surface area contributed by atoms with E-state index in [1.165, 1.54) is 6.07 Å². The first-order chi connectivity index (χ1) is 9.61. The molecule has 1 unspecified atom stereocenters. The van der Waals surface area contributed by atoms with Crippen molar-refractivity contribution in [3.8, 4) is 0 Å². The van der Waals surface area contributed by atoms with Crippen LogP contribution in [0.15, 0.2) is 42.6 Å². The zero-order chi connectivity index (χ0) is 14.5. The molecule has 0 aliphatic heterocycles. The predicted octanol–water partition coefficient (Wildman–Crippen LogP) is 2.17.